The minimum atomic E-state index is -0.626. The third-order valence-corrected chi connectivity index (χ3v) is 4.88. The number of para-hydroxylation sites is 1. The average Bonchev–Trinajstić information content (AvgIpc) is 3.11. The van der Waals surface area contributed by atoms with E-state index < -0.39 is 11.8 Å². The first-order valence-electron chi connectivity index (χ1n) is 9.39. The summed E-state index contributed by atoms with van der Waals surface area (Å²) in [7, 11) is 0. The van der Waals surface area contributed by atoms with Crippen LogP contribution >= 0.6 is 0 Å². The van der Waals surface area contributed by atoms with Crippen LogP contribution in [0, 0.1) is 5.92 Å². The number of esters is 1. The number of hydrogen-bond donors (Lipinski definition) is 2. The summed E-state index contributed by atoms with van der Waals surface area (Å²) in [5.41, 5.74) is 2.15. The fraction of sp³-hybridized carbons (Fsp3) is 0.450. The van der Waals surface area contributed by atoms with Crippen LogP contribution in [-0.2, 0) is 25.5 Å². The van der Waals surface area contributed by atoms with E-state index in [1.165, 1.54) is 4.90 Å². The molecule has 0 aliphatic carbocycles. The minimum Gasteiger partial charge on any atom is -0.466 e. The van der Waals surface area contributed by atoms with Crippen LogP contribution in [0.15, 0.2) is 30.5 Å². The van der Waals surface area contributed by atoms with Gasteiger partial charge in [0.1, 0.15) is 0 Å². The summed E-state index contributed by atoms with van der Waals surface area (Å²) < 4.78 is 5.03. The molecule has 1 aliphatic rings. The van der Waals surface area contributed by atoms with Crippen molar-refractivity contribution < 1.29 is 19.1 Å². The second-order valence-electron chi connectivity index (χ2n) is 6.71. The van der Waals surface area contributed by atoms with Crippen LogP contribution in [0.4, 0.5) is 0 Å². The molecule has 1 saturated heterocycles. The largest absolute Gasteiger partial charge is 0.466 e. The highest BCUT2D eigenvalue weighted by Gasteiger charge is 2.31. The van der Waals surface area contributed by atoms with Crippen LogP contribution in [0.25, 0.3) is 10.9 Å². The molecule has 1 aromatic heterocycles. The minimum absolute atomic E-state index is 0.244. The number of hydrogen-bond acceptors (Lipinski definition) is 4. The summed E-state index contributed by atoms with van der Waals surface area (Å²) in [6.45, 7) is 3.18. The van der Waals surface area contributed by atoms with E-state index >= 15 is 0 Å². The van der Waals surface area contributed by atoms with Crippen LogP contribution < -0.4 is 5.32 Å². The number of likely N-dealkylation sites (tertiary alicyclic amines) is 1. The Bertz CT molecular complexity index is 829. The normalized spacial score (nSPS) is 16.9. The Morgan fingerprint density at radius 1 is 1.30 bits per heavy atom. The number of nitrogens with zero attached hydrogens (tertiary/aromatic N) is 1. The highest BCUT2D eigenvalue weighted by molar-refractivity contribution is 6.35. The van der Waals surface area contributed by atoms with Gasteiger partial charge in [0.05, 0.1) is 12.5 Å². The SMILES string of the molecule is CCOC(=O)C1CCCN(C(=O)C(=O)NCCc2c[nH]c3ccccc23)C1. The van der Waals surface area contributed by atoms with Gasteiger partial charge in [0.15, 0.2) is 0 Å². The van der Waals surface area contributed by atoms with E-state index in [4.69, 9.17) is 4.74 Å². The van der Waals surface area contributed by atoms with E-state index in [0.29, 0.717) is 39.0 Å². The summed E-state index contributed by atoms with van der Waals surface area (Å²) in [4.78, 5) is 41.1. The maximum Gasteiger partial charge on any atom is 0.311 e. The fourth-order valence-electron chi connectivity index (χ4n) is 3.48. The molecule has 1 unspecified atom stereocenters. The Morgan fingerprint density at radius 2 is 2.11 bits per heavy atom. The molecule has 2 N–H and O–H groups in total. The molecule has 0 saturated carbocycles. The number of aromatic amines is 1. The Labute approximate surface area is 158 Å². The summed E-state index contributed by atoms with van der Waals surface area (Å²) in [6, 6.07) is 7.96. The molecule has 0 bridgehead atoms. The van der Waals surface area contributed by atoms with Gasteiger partial charge >= 0.3 is 17.8 Å². The average molecular weight is 371 g/mol. The lowest BCUT2D eigenvalue weighted by Crippen LogP contribution is -2.49. The third-order valence-electron chi connectivity index (χ3n) is 4.88. The summed E-state index contributed by atoms with van der Waals surface area (Å²) in [5.74, 6) is -1.85. The van der Waals surface area contributed by atoms with Gasteiger partial charge in [-0.15, -0.1) is 0 Å². The van der Waals surface area contributed by atoms with Crippen molar-refractivity contribution in [2.24, 2.45) is 5.92 Å². The molecule has 7 nitrogen and oxygen atoms in total. The van der Waals surface area contributed by atoms with Crippen LogP contribution in [0.1, 0.15) is 25.3 Å². The van der Waals surface area contributed by atoms with E-state index in [-0.39, 0.29) is 18.4 Å². The number of fused-ring (bicyclic) bond motifs is 1. The predicted octanol–water partition coefficient (Wildman–Crippen LogP) is 1.63. The summed E-state index contributed by atoms with van der Waals surface area (Å²) in [5, 5.41) is 3.81. The number of aromatic nitrogens is 1. The van der Waals surface area contributed by atoms with Crippen LogP contribution in [-0.4, -0.2) is 53.9 Å². The van der Waals surface area contributed by atoms with Crippen molar-refractivity contribution in [3.05, 3.63) is 36.0 Å². The van der Waals surface area contributed by atoms with Crippen molar-refractivity contribution >= 4 is 28.7 Å². The molecule has 27 heavy (non-hydrogen) atoms. The zero-order chi connectivity index (χ0) is 19.2. The molecule has 2 aromatic rings. The Morgan fingerprint density at radius 3 is 2.93 bits per heavy atom. The molecule has 1 aliphatic heterocycles. The summed E-state index contributed by atoms with van der Waals surface area (Å²) in [6.07, 6.45) is 3.93. The maximum absolute atomic E-state index is 12.4. The van der Waals surface area contributed by atoms with E-state index in [1.54, 1.807) is 6.92 Å². The van der Waals surface area contributed by atoms with Gasteiger partial charge in [-0.05, 0) is 37.8 Å². The number of carbonyl (C=O) groups excluding carboxylic acids is 3. The topological polar surface area (TPSA) is 91.5 Å². The van der Waals surface area contributed by atoms with Gasteiger partial charge in [0, 0.05) is 36.7 Å². The number of H-pyrrole nitrogens is 1. The molecule has 2 heterocycles. The number of nitrogens with one attached hydrogen (secondary N) is 2. The van der Waals surface area contributed by atoms with Crippen molar-refractivity contribution in [2.45, 2.75) is 26.2 Å². The Hall–Kier alpha value is -2.83. The standard InChI is InChI=1S/C20H25N3O4/c1-2-27-20(26)15-6-5-11-23(13-15)19(25)18(24)21-10-9-14-12-22-17-8-4-3-7-16(14)17/h3-4,7-8,12,15,22H,2,5-6,9-11,13H2,1H3,(H,21,24). The second-order valence-corrected chi connectivity index (χ2v) is 6.71. The van der Waals surface area contributed by atoms with Crippen molar-refractivity contribution in [3.63, 3.8) is 0 Å². The molecule has 144 valence electrons. The van der Waals surface area contributed by atoms with Gasteiger partial charge in [0.2, 0.25) is 0 Å². The molecule has 2 amide bonds. The Kier molecular flexibility index (Phi) is 6.11. The first-order valence-corrected chi connectivity index (χ1v) is 9.39. The van der Waals surface area contributed by atoms with Crippen LogP contribution in [0.2, 0.25) is 0 Å². The van der Waals surface area contributed by atoms with Gasteiger partial charge in [-0.2, -0.15) is 0 Å². The van der Waals surface area contributed by atoms with Gasteiger partial charge < -0.3 is 19.9 Å². The molecule has 1 fully saturated rings. The lowest BCUT2D eigenvalue weighted by molar-refractivity contribution is -0.154. The van der Waals surface area contributed by atoms with Crippen molar-refractivity contribution in [1.29, 1.82) is 0 Å². The van der Waals surface area contributed by atoms with Crippen LogP contribution in [0.5, 0.6) is 0 Å². The van der Waals surface area contributed by atoms with Gasteiger partial charge in [0.25, 0.3) is 0 Å². The summed E-state index contributed by atoms with van der Waals surface area (Å²) >= 11 is 0. The number of amides is 2. The Balaban J connectivity index is 1.50. The first kappa shape index (κ1) is 18.9. The van der Waals surface area contributed by atoms with Gasteiger partial charge in [-0.1, -0.05) is 18.2 Å². The molecule has 3 rings (SSSR count). The molecular weight excluding hydrogens is 346 g/mol. The van der Waals surface area contributed by atoms with Crippen molar-refractivity contribution in [1.82, 2.24) is 15.2 Å². The van der Waals surface area contributed by atoms with E-state index in [9.17, 15) is 14.4 Å². The predicted molar refractivity (Wildman–Crippen MR) is 101 cm³/mol. The van der Waals surface area contributed by atoms with E-state index in [1.807, 2.05) is 30.5 Å². The van der Waals surface area contributed by atoms with E-state index in [0.717, 1.165) is 16.5 Å². The number of benzene rings is 1. The fourth-order valence-corrected chi connectivity index (χ4v) is 3.48. The number of rotatable bonds is 5. The highest BCUT2D eigenvalue weighted by Crippen LogP contribution is 2.19. The number of piperidine rings is 1. The lowest BCUT2D eigenvalue weighted by atomic mass is 9.98. The zero-order valence-electron chi connectivity index (χ0n) is 15.5. The quantitative estimate of drug-likeness (QED) is 0.617. The van der Waals surface area contributed by atoms with Crippen molar-refractivity contribution in [3.8, 4) is 0 Å². The van der Waals surface area contributed by atoms with E-state index in [2.05, 4.69) is 10.3 Å². The smallest absolute Gasteiger partial charge is 0.311 e. The number of carbonyl (C=O) groups is 3. The van der Waals surface area contributed by atoms with Gasteiger partial charge in [-0.25, -0.2) is 0 Å². The molecule has 0 spiro atoms. The molecular formula is C20H25N3O4. The lowest BCUT2D eigenvalue weighted by Gasteiger charge is -2.30. The second kappa shape index (κ2) is 8.70. The highest BCUT2D eigenvalue weighted by atomic mass is 16.5. The van der Waals surface area contributed by atoms with Crippen molar-refractivity contribution in [2.75, 3.05) is 26.2 Å². The molecule has 1 aromatic carbocycles. The first-order chi connectivity index (χ1) is 13.1. The zero-order valence-corrected chi connectivity index (χ0v) is 15.5. The maximum atomic E-state index is 12.4. The molecule has 7 heteroatoms. The number of ether oxygens (including phenoxy) is 1. The molecule has 0 radical (unpaired) electrons. The monoisotopic (exact) mass is 371 g/mol. The van der Waals surface area contributed by atoms with Crippen LogP contribution in [0.3, 0.4) is 0 Å². The third kappa shape index (κ3) is 4.48. The molecule has 1 atom stereocenters. The van der Waals surface area contributed by atoms with Gasteiger partial charge in [-0.3, -0.25) is 14.4 Å².